The molecule has 0 fully saturated rings. The molecule has 0 aliphatic carbocycles. The molecule has 0 unspecified atom stereocenters. The van der Waals surface area contributed by atoms with Crippen LogP contribution in [0.1, 0.15) is 0 Å². The summed E-state index contributed by atoms with van der Waals surface area (Å²) in [6, 6.07) is 0. The van der Waals surface area contributed by atoms with Crippen LogP contribution in [0.2, 0.25) is 0 Å². The highest BCUT2D eigenvalue weighted by atomic mass is 35.5. The Kier molecular flexibility index (Phi) is 8.19. The smallest absolute Gasteiger partial charge is 0.399 e. The van der Waals surface area contributed by atoms with E-state index in [-0.39, 0.29) is 18.4 Å². The molecular weight excluding hydrogens is 274 g/mol. The summed E-state index contributed by atoms with van der Waals surface area (Å²) in [7, 11) is 1.83. The fourth-order valence-corrected chi connectivity index (χ4v) is 0.739. The zero-order chi connectivity index (χ0) is 12.8. The monoisotopic (exact) mass is 291 g/mol. The van der Waals surface area contributed by atoms with E-state index in [4.69, 9.17) is 10.6 Å². The van der Waals surface area contributed by atoms with Gasteiger partial charge in [-0.3, -0.25) is 9.12 Å². The number of nitrogens with two attached hydrogens (primary N) is 2. The van der Waals surface area contributed by atoms with Crippen LogP contribution >= 0.6 is 0 Å². The van der Waals surface area contributed by atoms with E-state index in [1.807, 2.05) is 21.1 Å². The van der Waals surface area contributed by atoms with Crippen LogP contribution < -0.4 is 28.8 Å². The molecule has 0 saturated carbocycles. The van der Waals surface area contributed by atoms with Crippen LogP contribution in [0.4, 0.5) is 0 Å². The van der Waals surface area contributed by atoms with Gasteiger partial charge in [-0.25, -0.2) is 5.48 Å². The molecule has 11 heteroatoms. The maximum atomic E-state index is 10.3. The van der Waals surface area contributed by atoms with E-state index in [0.717, 1.165) is 6.54 Å². The maximum absolute atomic E-state index is 10.3. The van der Waals surface area contributed by atoms with Gasteiger partial charge in [-0.1, -0.05) is 0 Å². The third-order valence-electron chi connectivity index (χ3n) is 1.28. The lowest BCUT2D eigenvalue weighted by Crippen LogP contribution is -3.00. The van der Waals surface area contributed by atoms with E-state index in [0.29, 0.717) is 11.1 Å². The Morgan fingerprint density at radius 3 is 2.35 bits per heavy atom. The minimum Gasteiger partial charge on any atom is -1.00 e. The lowest BCUT2D eigenvalue weighted by molar-refractivity contribution is -0.870. The number of rotatable bonds is 6. The summed E-state index contributed by atoms with van der Waals surface area (Å²) < 4.78 is 25.2. The van der Waals surface area contributed by atoms with E-state index in [1.54, 1.807) is 0 Å². The summed E-state index contributed by atoms with van der Waals surface area (Å²) in [4.78, 5) is 4.90. The van der Waals surface area contributed by atoms with Crippen molar-refractivity contribution < 1.29 is 34.4 Å². The van der Waals surface area contributed by atoms with Gasteiger partial charge in [0.1, 0.15) is 13.2 Å². The minimum atomic E-state index is -4.14. The van der Waals surface area contributed by atoms with Gasteiger partial charge in [-0.05, 0) is 5.16 Å². The average molecular weight is 292 g/mol. The van der Waals surface area contributed by atoms with Crippen molar-refractivity contribution in [2.24, 2.45) is 16.0 Å². The number of oxime groups is 1. The van der Waals surface area contributed by atoms with Gasteiger partial charge in [0.25, 0.3) is 5.96 Å². The molecule has 0 radical (unpaired) electrons. The predicted molar refractivity (Wildman–Crippen MR) is 57.8 cm³/mol. The zero-order valence-electron chi connectivity index (χ0n) is 9.88. The third-order valence-corrected chi connectivity index (χ3v) is 1.56. The number of quaternary nitrogens is 1. The van der Waals surface area contributed by atoms with Crippen molar-refractivity contribution in [3.8, 4) is 0 Å². The topological polar surface area (TPSA) is 129 Å². The van der Waals surface area contributed by atoms with Crippen LogP contribution in [0.5, 0.6) is 0 Å². The Balaban J connectivity index is 0. The molecule has 0 aromatic carbocycles. The van der Waals surface area contributed by atoms with E-state index < -0.39 is 10.3 Å². The van der Waals surface area contributed by atoms with Gasteiger partial charge in [0.2, 0.25) is 0 Å². The van der Waals surface area contributed by atoms with E-state index in [2.05, 4.69) is 20.1 Å². The molecule has 0 aliphatic rings. The normalized spacial score (nSPS) is 12.8. The van der Waals surface area contributed by atoms with E-state index >= 15 is 0 Å². The summed E-state index contributed by atoms with van der Waals surface area (Å²) in [5.74, 6) is -0.338. The first-order chi connectivity index (χ1) is 7.10. The molecule has 5 N–H and O–H groups in total. The van der Waals surface area contributed by atoms with Crippen LogP contribution in [0.15, 0.2) is 5.16 Å². The number of nitrogens with zero attached hydrogens (tertiary/aromatic N) is 2. The molecule has 0 bridgehead atoms. The quantitative estimate of drug-likeness (QED) is 0.147. The maximum Gasteiger partial charge on any atom is 0.399 e. The Labute approximate surface area is 107 Å². The highest BCUT2D eigenvalue weighted by Crippen LogP contribution is 1.88. The average Bonchev–Trinajstić information content (AvgIpc) is 2.06. The van der Waals surface area contributed by atoms with Gasteiger partial charge >= 0.3 is 10.3 Å². The molecule has 17 heavy (non-hydrogen) atoms. The SMILES string of the molecule is C[N+](C)(C)CCONC(N)=NOS(N)(=O)=O.[Cl-]. The molecule has 0 aromatic heterocycles. The van der Waals surface area contributed by atoms with E-state index in [1.165, 1.54) is 0 Å². The van der Waals surface area contributed by atoms with Crippen molar-refractivity contribution in [3.63, 3.8) is 0 Å². The van der Waals surface area contributed by atoms with Crippen molar-refractivity contribution in [2.45, 2.75) is 0 Å². The second kappa shape index (κ2) is 7.50. The first-order valence-electron chi connectivity index (χ1n) is 4.33. The highest BCUT2D eigenvalue weighted by Gasteiger charge is 2.06. The zero-order valence-corrected chi connectivity index (χ0v) is 11.5. The van der Waals surface area contributed by atoms with Gasteiger partial charge in [0, 0.05) is 0 Å². The molecule has 0 heterocycles. The van der Waals surface area contributed by atoms with Gasteiger partial charge < -0.3 is 22.6 Å². The second-order valence-corrected chi connectivity index (χ2v) is 5.14. The number of hydrogen-bond acceptors (Lipinski definition) is 5. The van der Waals surface area contributed by atoms with Crippen LogP contribution in [0.25, 0.3) is 0 Å². The summed E-state index contributed by atoms with van der Waals surface area (Å²) in [5, 5.41) is 7.48. The first-order valence-corrected chi connectivity index (χ1v) is 5.80. The molecule has 0 spiro atoms. The van der Waals surface area contributed by atoms with Crippen LogP contribution in [0, 0.1) is 0 Å². The highest BCUT2D eigenvalue weighted by molar-refractivity contribution is 7.84. The van der Waals surface area contributed by atoms with Crippen molar-refractivity contribution in [1.82, 2.24) is 5.48 Å². The van der Waals surface area contributed by atoms with Crippen molar-refractivity contribution >= 4 is 16.3 Å². The Hall–Kier alpha value is -0.810. The fourth-order valence-electron chi connectivity index (χ4n) is 0.555. The number of halogens is 1. The van der Waals surface area contributed by atoms with Crippen LogP contribution in [0.3, 0.4) is 0 Å². The first kappa shape index (κ1) is 18.6. The van der Waals surface area contributed by atoms with Gasteiger partial charge in [-0.15, -0.1) is 0 Å². The summed E-state index contributed by atoms with van der Waals surface area (Å²) in [5.41, 5.74) is 7.40. The molecular formula is C6H18ClN5O4S. The minimum absolute atomic E-state index is 0. The standard InChI is InChI=1S/C6H18N5O4S.ClH/c1-11(2,3)4-5-14-9-6(7)10-15-16(8,12)13;/h4-5H2,1-3H3,(H3,7,9,10)(H2,8,12,13);1H/q+1;/p-1. The van der Waals surface area contributed by atoms with Crippen LogP contribution in [-0.2, 0) is 19.4 Å². The fraction of sp³-hybridized carbons (Fsp3) is 0.833. The molecule has 0 saturated heterocycles. The van der Waals surface area contributed by atoms with Gasteiger partial charge in [0.05, 0.1) is 21.1 Å². The number of nitrogens with one attached hydrogen (secondary N) is 1. The van der Waals surface area contributed by atoms with Gasteiger partial charge in [0.15, 0.2) is 0 Å². The Morgan fingerprint density at radius 2 is 1.94 bits per heavy atom. The van der Waals surface area contributed by atoms with Crippen molar-refractivity contribution in [2.75, 3.05) is 34.3 Å². The summed E-state index contributed by atoms with van der Waals surface area (Å²) in [6.45, 7) is 1.10. The molecule has 9 nitrogen and oxygen atoms in total. The number of guanidine groups is 1. The molecule has 104 valence electrons. The molecule has 0 rings (SSSR count). The summed E-state index contributed by atoms with van der Waals surface area (Å²) >= 11 is 0. The lowest BCUT2D eigenvalue weighted by Gasteiger charge is -2.23. The lowest BCUT2D eigenvalue weighted by atomic mass is 10.5. The molecule has 0 aliphatic heterocycles. The van der Waals surface area contributed by atoms with Crippen molar-refractivity contribution in [3.05, 3.63) is 0 Å². The largest absolute Gasteiger partial charge is 1.00 e. The predicted octanol–water partition coefficient (Wildman–Crippen LogP) is -5.33. The molecule has 0 atom stereocenters. The number of hydrogen-bond donors (Lipinski definition) is 3. The second-order valence-electron chi connectivity index (χ2n) is 4.01. The third kappa shape index (κ3) is 15.2. The van der Waals surface area contributed by atoms with E-state index in [9.17, 15) is 8.42 Å². The number of hydroxylamine groups is 1. The molecule has 0 amide bonds. The summed E-state index contributed by atoms with van der Waals surface area (Å²) in [6.07, 6.45) is 0. The van der Waals surface area contributed by atoms with Gasteiger partial charge in [-0.2, -0.15) is 13.6 Å². The van der Waals surface area contributed by atoms with Crippen molar-refractivity contribution in [1.29, 1.82) is 0 Å². The Morgan fingerprint density at radius 1 is 1.41 bits per heavy atom. The van der Waals surface area contributed by atoms with Crippen LogP contribution in [-0.4, -0.2) is 53.2 Å². The molecule has 0 aromatic rings. The Bertz CT molecular complexity index is 339. The number of likely N-dealkylation sites (N-methyl/N-ethyl adjacent to an activating group) is 1.